The first-order chi connectivity index (χ1) is 18.1. The first-order valence-corrected chi connectivity index (χ1v) is 14.0. The van der Waals surface area contributed by atoms with Crippen LogP contribution in [0.1, 0.15) is 76.9 Å². The second kappa shape index (κ2) is 10.5. The summed E-state index contributed by atoms with van der Waals surface area (Å²) in [6.07, 6.45) is 8.86. The summed E-state index contributed by atoms with van der Waals surface area (Å²) in [7, 11) is 0. The van der Waals surface area contributed by atoms with Crippen molar-refractivity contribution in [3.8, 4) is 0 Å². The number of allylic oxidation sites excluding steroid dienone is 2. The highest BCUT2D eigenvalue weighted by molar-refractivity contribution is 5.96. The highest BCUT2D eigenvalue weighted by atomic mass is 16.6. The number of carboxylic acid groups (broad SMARTS) is 1. The van der Waals surface area contributed by atoms with Crippen LogP contribution < -0.4 is 5.32 Å². The Kier molecular flexibility index (Phi) is 7.40. The first-order valence-electron chi connectivity index (χ1n) is 14.0. The Balaban J connectivity index is 1.19. The maximum absolute atomic E-state index is 12.4. The number of amides is 1. The van der Waals surface area contributed by atoms with Crippen molar-refractivity contribution in [2.45, 2.75) is 83.5 Å². The summed E-state index contributed by atoms with van der Waals surface area (Å²) in [6, 6.07) is 6.87. The topological polar surface area (TPSA) is 128 Å². The molecule has 8 heteroatoms. The molecule has 206 valence electrons. The molecule has 0 bridgehead atoms. The fourth-order valence-corrected chi connectivity index (χ4v) is 8.12. The van der Waals surface area contributed by atoms with E-state index in [0.29, 0.717) is 23.3 Å². The lowest BCUT2D eigenvalue weighted by Crippen LogP contribution is -2.51. The summed E-state index contributed by atoms with van der Waals surface area (Å²) in [5, 5.41) is 37.2. The number of carbonyl (C=O) groups is 2. The van der Waals surface area contributed by atoms with Crippen molar-refractivity contribution in [1.29, 1.82) is 0 Å². The molecule has 0 heterocycles. The van der Waals surface area contributed by atoms with Gasteiger partial charge < -0.3 is 25.5 Å². The predicted molar refractivity (Wildman–Crippen MR) is 142 cm³/mol. The molecule has 0 aromatic heterocycles. The van der Waals surface area contributed by atoms with Crippen molar-refractivity contribution in [3.05, 3.63) is 47.5 Å². The Morgan fingerprint density at radius 3 is 2.58 bits per heavy atom. The summed E-state index contributed by atoms with van der Waals surface area (Å²) < 4.78 is 0. The molecule has 3 saturated carbocycles. The van der Waals surface area contributed by atoms with Gasteiger partial charge in [-0.05, 0) is 91.6 Å². The van der Waals surface area contributed by atoms with Crippen molar-refractivity contribution in [3.63, 3.8) is 0 Å². The van der Waals surface area contributed by atoms with Gasteiger partial charge in [-0.2, -0.15) is 0 Å². The number of fused-ring (bicyclic) bond motifs is 5. The predicted octanol–water partition coefficient (Wildman–Crippen LogP) is 3.99. The van der Waals surface area contributed by atoms with E-state index in [4.69, 9.17) is 4.84 Å². The van der Waals surface area contributed by atoms with Gasteiger partial charge in [-0.3, -0.25) is 4.79 Å². The van der Waals surface area contributed by atoms with E-state index in [2.05, 4.69) is 30.4 Å². The van der Waals surface area contributed by atoms with Gasteiger partial charge in [0, 0.05) is 0 Å². The van der Waals surface area contributed by atoms with Crippen LogP contribution in [0.5, 0.6) is 0 Å². The summed E-state index contributed by atoms with van der Waals surface area (Å²) in [5.41, 5.74) is 2.83. The van der Waals surface area contributed by atoms with E-state index in [1.165, 1.54) is 5.57 Å². The molecule has 8 atom stereocenters. The number of benzene rings is 1. The molecule has 1 aromatic rings. The molecule has 0 aliphatic heterocycles. The van der Waals surface area contributed by atoms with Crippen LogP contribution in [0.15, 0.2) is 47.1 Å². The maximum atomic E-state index is 12.4. The first kappa shape index (κ1) is 26.9. The monoisotopic (exact) mass is 524 g/mol. The van der Waals surface area contributed by atoms with Crippen LogP contribution in [0.25, 0.3) is 0 Å². The number of aliphatic carboxylic acids is 1. The Bertz CT molecular complexity index is 1120. The molecular formula is C30H40N2O6. The molecule has 38 heavy (non-hydrogen) atoms. The zero-order valence-electron chi connectivity index (χ0n) is 22.3. The van der Waals surface area contributed by atoms with Gasteiger partial charge in [0.15, 0.2) is 12.6 Å². The molecule has 4 aliphatic rings. The van der Waals surface area contributed by atoms with Crippen molar-refractivity contribution < 1.29 is 29.7 Å². The number of aliphatic hydroxyl groups excluding tert-OH is 2. The van der Waals surface area contributed by atoms with Crippen molar-refractivity contribution in [2.75, 3.05) is 6.61 Å². The van der Waals surface area contributed by atoms with Gasteiger partial charge in [-0.25, -0.2) is 4.79 Å². The van der Waals surface area contributed by atoms with Crippen LogP contribution in [0, 0.1) is 28.6 Å². The number of aliphatic hydroxyl groups is 2. The molecule has 0 spiro atoms. The normalized spacial score (nSPS) is 36.7. The molecular weight excluding hydrogens is 484 g/mol. The Labute approximate surface area is 224 Å². The number of oxime groups is 1. The molecule has 4 aliphatic carbocycles. The Morgan fingerprint density at radius 2 is 1.84 bits per heavy atom. The third-order valence-corrected chi connectivity index (χ3v) is 10.3. The maximum Gasteiger partial charge on any atom is 0.329 e. The Morgan fingerprint density at radius 1 is 1.08 bits per heavy atom. The van der Waals surface area contributed by atoms with Gasteiger partial charge in [0.2, 0.25) is 0 Å². The number of carbonyl (C=O) groups excluding carboxylic acids is 1. The van der Waals surface area contributed by atoms with E-state index >= 15 is 0 Å². The van der Waals surface area contributed by atoms with Gasteiger partial charge in [0.25, 0.3) is 5.91 Å². The zero-order valence-corrected chi connectivity index (χ0v) is 22.3. The van der Waals surface area contributed by atoms with Gasteiger partial charge in [0.05, 0.1) is 11.8 Å². The number of rotatable bonds is 7. The molecule has 4 N–H and O–H groups in total. The molecule has 3 fully saturated rings. The van der Waals surface area contributed by atoms with Gasteiger partial charge >= 0.3 is 5.97 Å². The molecule has 8 nitrogen and oxygen atoms in total. The van der Waals surface area contributed by atoms with E-state index in [0.717, 1.165) is 57.1 Å². The largest absolute Gasteiger partial charge is 0.480 e. The molecule has 0 radical (unpaired) electrons. The van der Waals surface area contributed by atoms with E-state index in [1.807, 2.05) is 0 Å². The third-order valence-electron chi connectivity index (χ3n) is 10.3. The number of nitrogens with zero attached hydrogens (tertiary/aromatic N) is 1. The van der Waals surface area contributed by atoms with Crippen LogP contribution >= 0.6 is 0 Å². The standard InChI is InChI=1S/C30H40N2O6/c1-29-14-12-20(16-19(29)8-9-21-22-10-11-24(33)30(22,2)15-13-23(21)29)32-38-17-25(34)31-26(28(36)37)27(35)18-6-4-3-5-7-18/h3-7,16,21-24,26-27,33,35H,8-15,17H2,1-2H3,(H,31,34)(H,36,37)/t21-,22-,23-,24+,26+,27-,29+,30+/m1/s1. The van der Waals surface area contributed by atoms with Crippen LogP contribution in [0.3, 0.4) is 0 Å². The zero-order chi connectivity index (χ0) is 27.1. The minimum Gasteiger partial charge on any atom is -0.480 e. The summed E-state index contributed by atoms with van der Waals surface area (Å²) in [4.78, 5) is 29.4. The van der Waals surface area contributed by atoms with E-state index in [-0.39, 0.29) is 16.9 Å². The van der Waals surface area contributed by atoms with Crippen LogP contribution in [0.4, 0.5) is 0 Å². The van der Waals surface area contributed by atoms with Crippen molar-refractivity contribution in [2.24, 2.45) is 33.7 Å². The lowest BCUT2D eigenvalue weighted by atomic mass is 9.47. The highest BCUT2D eigenvalue weighted by Gasteiger charge is 2.58. The smallest absolute Gasteiger partial charge is 0.329 e. The summed E-state index contributed by atoms with van der Waals surface area (Å²) >= 11 is 0. The van der Waals surface area contributed by atoms with Gasteiger partial charge in [-0.15, -0.1) is 0 Å². The third kappa shape index (κ3) is 4.77. The molecule has 1 amide bonds. The summed E-state index contributed by atoms with van der Waals surface area (Å²) in [5.74, 6) is -0.0813. The van der Waals surface area contributed by atoms with Crippen LogP contribution in [-0.2, 0) is 14.4 Å². The average molecular weight is 525 g/mol. The van der Waals surface area contributed by atoms with Crippen LogP contribution in [0.2, 0.25) is 0 Å². The van der Waals surface area contributed by atoms with Gasteiger partial charge in [0.1, 0.15) is 6.10 Å². The minimum atomic E-state index is -1.49. The fraction of sp³-hybridized carbons (Fsp3) is 0.633. The average Bonchev–Trinajstić information content (AvgIpc) is 3.21. The number of nitrogens with one attached hydrogen (secondary N) is 1. The summed E-state index contributed by atoms with van der Waals surface area (Å²) in [6.45, 7) is 4.28. The number of hydrogen-bond acceptors (Lipinski definition) is 6. The Hall–Kier alpha value is -2.71. The quantitative estimate of drug-likeness (QED) is 0.400. The number of carboxylic acids is 1. The van der Waals surface area contributed by atoms with Crippen molar-refractivity contribution in [1.82, 2.24) is 5.32 Å². The van der Waals surface area contributed by atoms with E-state index in [1.54, 1.807) is 30.3 Å². The minimum absolute atomic E-state index is 0.0746. The number of hydrogen-bond donors (Lipinski definition) is 4. The fourth-order valence-electron chi connectivity index (χ4n) is 8.12. The van der Waals surface area contributed by atoms with E-state index in [9.17, 15) is 24.9 Å². The van der Waals surface area contributed by atoms with Gasteiger partial charge in [-0.1, -0.05) is 54.9 Å². The highest BCUT2D eigenvalue weighted by Crippen LogP contribution is 2.65. The van der Waals surface area contributed by atoms with Crippen molar-refractivity contribution >= 4 is 17.6 Å². The second-order valence-corrected chi connectivity index (χ2v) is 12.2. The lowest BCUT2D eigenvalue weighted by molar-refractivity contribution is -0.146. The van der Waals surface area contributed by atoms with E-state index < -0.39 is 30.6 Å². The molecule has 0 saturated heterocycles. The molecule has 5 rings (SSSR count). The lowest BCUT2D eigenvalue weighted by Gasteiger charge is -2.57. The second-order valence-electron chi connectivity index (χ2n) is 12.2. The molecule has 1 aromatic carbocycles. The molecule has 0 unspecified atom stereocenters. The van der Waals surface area contributed by atoms with Crippen LogP contribution in [-0.4, -0.2) is 51.7 Å². The SMILES string of the molecule is C[C@]12CC[C@@H]3[C@H](CCC4=CC(=NOCC(=O)N[C@H](C(=O)O)[C@H](O)c5ccccc5)CC[C@@]43C)[C@H]1CC[C@@H]2O.